The molecule has 3 aliphatic carbocycles. The lowest BCUT2D eigenvalue weighted by Crippen LogP contribution is -2.22. The van der Waals surface area contributed by atoms with Crippen molar-refractivity contribution in [2.75, 3.05) is 11.9 Å². The van der Waals surface area contributed by atoms with E-state index in [4.69, 9.17) is 4.99 Å². The van der Waals surface area contributed by atoms with Gasteiger partial charge in [0, 0.05) is 18.9 Å². The molecule has 0 heterocycles. The molecule has 62 heavy (non-hydrogen) atoms. The van der Waals surface area contributed by atoms with Crippen LogP contribution in [0.25, 0.3) is 52.3 Å². The van der Waals surface area contributed by atoms with Crippen LogP contribution in [0.3, 0.4) is 0 Å². The van der Waals surface area contributed by atoms with Crippen LogP contribution in [-0.4, -0.2) is 13.3 Å². The standard InChI is InChI=1S/C58H48N2.C2H6/c1-4-43(45-23-16-18-42(32-33-45)40-59-55-30-14-15-31-56(55)60(3)51-26-6-5-7-27-51)39-54-41(2)57(48-36-34-46-20-8-9-21-47(46)35-37-48)52-28-12-13-29-53(52)58(54)50-25-17-24-44-19-10-11-22-49(44)38-50;1-2/h4-15,17-24,26-36,38-40H,1,16,25,37H2,2-3H3;1-2H3/b43-39+,59-40?;. The normalized spacial score (nSPS) is 14.5. The second-order valence-corrected chi connectivity index (χ2v) is 15.5. The van der Waals surface area contributed by atoms with Crippen LogP contribution in [0.2, 0.25) is 0 Å². The van der Waals surface area contributed by atoms with Gasteiger partial charge < -0.3 is 4.90 Å². The molecule has 0 N–H and O–H groups in total. The Kier molecular flexibility index (Phi) is 13.0. The molecule has 304 valence electrons. The van der Waals surface area contributed by atoms with Crippen LogP contribution in [0.5, 0.6) is 0 Å². The molecule has 0 aromatic heterocycles. The number of benzene rings is 6. The van der Waals surface area contributed by atoms with E-state index < -0.39 is 0 Å². The second-order valence-electron chi connectivity index (χ2n) is 15.5. The Morgan fingerprint density at radius 1 is 0.645 bits per heavy atom. The number of para-hydroxylation sites is 3. The van der Waals surface area contributed by atoms with Gasteiger partial charge >= 0.3 is 0 Å². The smallest absolute Gasteiger partial charge is 0.0866 e. The Hall–Kier alpha value is -7.29. The third-order valence-corrected chi connectivity index (χ3v) is 11.9. The minimum absolute atomic E-state index is 0.779. The predicted molar refractivity (Wildman–Crippen MR) is 272 cm³/mol. The molecule has 0 radical (unpaired) electrons. The summed E-state index contributed by atoms with van der Waals surface area (Å²) in [4.78, 5) is 7.19. The first-order chi connectivity index (χ1) is 30.6. The van der Waals surface area contributed by atoms with Crippen LogP contribution in [0.1, 0.15) is 66.5 Å². The molecule has 0 atom stereocenters. The van der Waals surface area contributed by atoms with Crippen LogP contribution in [-0.2, 0) is 0 Å². The molecule has 6 aromatic rings. The lowest BCUT2D eigenvalue weighted by atomic mass is 9.81. The van der Waals surface area contributed by atoms with Crippen LogP contribution in [0, 0.1) is 6.92 Å². The van der Waals surface area contributed by atoms with E-state index >= 15 is 0 Å². The van der Waals surface area contributed by atoms with E-state index in [1.165, 1.54) is 65.7 Å². The molecular weight excluding hydrogens is 749 g/mol. The number of hydrogen-bond acceptors (Lipinski definition) is 2. The highest BCUT2D eigenvalue weighted by atomic mass is 15.1. The Bertz CT molecular complexity index is 3030. The van der Waals surface area contributed by atoms with E-state index in [0.29, 0.717) is 0 Å². The SMILES string of the molecule is C=C/C(=C\c1c(C)c(C2=CC=c3ccccc3=CC2)c2ccccc2c1C1=Cc2ccccc2C=CC1)C1=CCC=C(C=Nc2ccccc2N(C)c2ccccc2)C=C1.CC. The quantitative estimate of drug-likeness (QED) is 0.105. The highest BCUT2D eigenvalue weighted by Gasteiger charge is 2.22. The lowest BCUT2D eigenvalue weighted by molar-refractivity contribution is 1.20. The van der Waals surface area contributed by atoms with E-state index in [1.807, 2.05) is 38.3 Å². The number of allylic oxidation sites excluding steroid dienone is 12. The van der Waals surface area contributed by atoms with Gasteiger partial charge in [-0.15, -0.1) is 0 Å². The first-order valence-electron chi connectivity index (χ1n) is 21.9. The number of fused-ring (bicyclic) bond motifs is 3. The molecule has 0 bridgehead atoms. The van der Waals surface area contributed by atoms with Gasteiger partial charge in [-0.1, -0.05) is 190 Å². The molecule has 0 amide bonds. The lowest BCUT2D eigenvalue weighted by Gasteiger charge is -2.23. The van der Waals surface area contributed by atoms with Gasteiger partial charge in [0.2, 0.25) is 0 Å². The molecule has 0 fully saturated rings. The molecule has 2 nitrogen and oxygen atoms in total. The summed E-state index contributed by atoms with van der Waals surface area (Å²) in [6, 6.07) is 45.1. The summed E-state index contributed by atoms with van der Waals surface area (Å²) in [7, 11) is 2.09. The van der Waals surface area contributed by atoms with Gasteiger partial charge in [-0.2, -0.15) is 0 Å². The van der Waals surface area contributed by atoms with Gasteiger partial charge in [0.05, 0.1) is 11.4 Å². The second kappa shape index (κ2) is 19.4. The molecular formula is C60H54N2. The zero-order chi connectivity index (χ0) is 42.8. The summed E-state index contributed by atoms with van der Waals surface area (Å²) in [6.07, 6.45) is 31.8. The number of rotatable bonds is 9. The van der Waals surface area contributed by atoms with E-state index in [2.05, 4.69) is 208 Å². The predicted octanol–water partition coefficient (Wildman–Crippen LogP) is 14.7. The third kappa shape index (κ3) is 8.78. The monoisotopic (exact) mass is 802 g/mol. The van der Waals surface area contributed by atoms with Crippen molar-refractivity contribution in [2.45, 2.75) is 40.0 Å². The highest BCUT2D eigenvalue weighted by Crippen LogP contribution is 2.43. The summed E-state index contributed by atoms with van der Waals surface area (Å²) in [5, 5.41) is 5.07. The first kappa shape index (κ1) is 41.4. The maximum Gasteiger partial charge on any atom is 0.0866 e. The fraction of sp³-hybridized carbons (Fsp3) is 0.117. The number of hydrogen-bond donors (Lipinski definition) is 0. The largest absolute Gasteiger partial charge is 0.343 e. The summed E-state index contributed by atoms with van der Waals surface area (Å²) in [5.41, 5.74) is 16.6. The molecule has 0 aliphatic heterocycles. The van der Waals surface area contributed by atoms with Crippen molar-refractivity contribution in [3.05, 3.63) is 237 Å². The van der Waals surface area contributed by atoms with Crippen molar-refractivity contribution in [3.8, 4) is 0 Å². The van der Waals surface area contributed by atoms with Gasteiger partial charge in [0.15, 0.2) is 0 Å². The van der Waals surface area contributed by atoms with Crippen molar-refractivity contribution < 1.29 is 0 Å². The van der Waals surface area contributed by atoms with Crippen LogP contribution >= 0.6 is 0 Å². The Balaban J connectivity index is 0.00000261. The zero-order valence-corrected chi connectivity index (χ0v) is 36.4. The minimum atomic E-state index is 0.779. The van der Waals surface area contributed by atoms with Crippen LogP contribution in [0.4, 0.5) is 17.1 Å². The molecule has 2 heteroatoms. The van der Waals surface area contributed by atoms with Crippen LogP contribution < -0.4 is 15.3 Å². The van der Waals surface area contributed by atoms with E-state index in [0.717, 1.165) is 53.0 Å². The average molecular weight is 803 g/mol. The molecule has 6 aromatic carbocycles. The Morgan fingerprint density at radius 3 is 2.15 bits per heavy atom. The van der Waals surface area contributed by atoms with Gasteiger partial charge in [0.25, 0.3) is 0 Å². The van der Waals surface area contributed by atoms with Gasteiger partial charge in [-0.3, -0.25) is 4.99 Å². The van der Waals surface area contributed by atoms with Crippen molar-refractivity contribution in [2.24, 2.45) is 4.99 Å². The number of anilines is 2. The molecule has 0 unspecified atom stereocenters. The summed E-state index contributed by atoms with van der Waals surface area (Å²) < 4.78 is 0. The van der Waals surface area contributed by atoms with Crippen molar-refractivity contribution in [1.29, 1.82) is 0 Å². The summed E-state index contributed by atoms with van der Waals surface area (Å²) in [6.45, 7) is 10.7. The molecule has 0 saturated carbocycles. The average Bonchev–Trinajstić information content (AvgIpc) is 3.80. The molecule has 0 saturated heterocycles. The molecule has 3 aliphatic rings. The number of aliphatic imine (C=N–C) groups is 1. The van der Waals surface area contributed by atoms with E-state index in [9.17, 15) is 0 Å². The number of nitrogens with zero attached hydrogens (tertiary/aromatic N) is 2. The fourth-order valence-electron chi connectivity index (χ4n) is 8.73. The Morgan fingerprint density at radius 2 is 1.34 bits per heavy atom. The van der Waals surface area contributed by atoms with E-state index in [-0.39, 0.29) is 0 Å². The zero-order valence-electron chi connectivity index (χ0n) is 36.4. The Labute approximate surface area is 368 Å². The maximum absolute atomic E-state index is 5.01. The van der Waals surface area contributed by atoms with Crippen molar-refractivity contribution in [1.82, 2.24) is 0 Å². The van der Waals surface area contributed by atoms with E-state index in [1.54, 1.807) is 0 Å². The van der Waals surface area contributed by atoms with Gasteiger partial charge in [-0.25, -0.2) is 0 Å². The summed E-state index contributed by atoms with van der Waals surface area (Å²) >= 11 is 0. The topological polar surface area (TPSA) is 15.6 Å². The minimum Gasteiger partial charge on any atom is -0.343 e. The van der Waals surface area contributed by atoms with Gasteiger partial charge in [0.1, 0.15) is 0 Å². The maximum atomic E-state index is 5.01. The first-order valence-corrected chi connectivity index (χ1v) is 21.9. The highest BCUT2D eigenvalue weighted by molar-refractivity contribution is 6.08. The van der Waals surface area contributed by atoms with Crippen molar-refractivity contribution in [3.63, 3.8) is 0 Å². The van der Waals surface area contributed by atoms with Crippen LogP contribution in [0.15, 0.2) is 198 Å². The summed E-state index contributed by atoms with van der Waals surface area (Å²) in [5.74, 6) is 0. The third-order valence-electron chi connectivity index (χ3n) is 11.9. The van der Waals surface area contributed by atoms with Gasteiger partial charge in [-0.05, 0) is 139 Å². The molecule has 9 rings (SSSR count). The van der Waals surface area contributed by atoms with Crippen molar-refractivity contribution >= 4 is 75.6 Å². The molecule has 0 spiro atoms. The fourth-order valence-corrected chi connectivity index (χ4v) is 8.73.